The van der Waals surface area contributed by atoms with Gasteiger partial charge in [-0.3, -0.25) is 9.69 Å². The first kappa shape index (κ1) is 16.4. The maximum Gasteiger partial charge on any atom is 0.246 e. The summed E-state index contributed by atoms with van der Waals surface area (Å²) in [5.41, 5.74) is 0. The van der Waals surface area contributed by atoms with E-state index in [9.17, 15) is 9.90 Å². The van der Waals surface area contributed by atoms with Crippen molar-refractivity contribution in [3.05, 3.63) is 12.4 Å². The van der Waals surface area contributed by atoms with Gasteiger partial charge in [0.25, 0.3) is 0 Å². The lowest BCUT2D eigenvalue weighted by Crippen LogP contribution is -2.50. The van der Waals surface area contributed by atoms with Gasteiger partial charge in [-0.05, 0) is 18.3 Å². The monoisotopic (exact) mass is 323 g/mol. The minimum atomic E-state index is 0.0197. The predicted octanol–water partition coefficient (Wildman–Crippen LogP) is -0.933. The normalized spacial score (nSPS) is 26.4. The molecule has 3 heterocycles. The zero-order valence-electron chi connectivity index (χ0n) is 13.4. The molecule has 8 heteroatoms. The third-order valence-corrected chi connectivity index (χ3v) is 4.60. The first-order valence-corrected chi connectivity index (χ1v) is 8.27. The Morgan fingerprint density at radius 1 is 1.17 bits per heavy atom. The number of amides is 1. The number of ether oxygens (including phenoxy) is 1. The van der Waals surface area contributed by atoms with Gasteiger partial charge in [-0.2, -0.15) is 15.0 Å². The van der Waals surface area contributed by atoms with Crippen molar-refractivity contribution in [2.24, 2.45) is 11.8 Å². The van der Waals surface area contributed by atoms with Gasteiger partial charge in [0.05, 0.1) is 25.6 Å². The Hall–Kier alpha value is -1.51. The molecule has 0 aromatic carbocycles. The van der Waals surface area contributed by atoms with Crippen LogP contribution < -0.4 is 0 Å². The molecule has 2 saturated heterocycles. The van der Waals surface area contributed by atoms with E-state index in [1.54, 1.807) is 12.4 Å². The van der Waals surface area contributed by atoms with Crippen molar-refractivity contribution in [3.8, 4) is 0 Å². The second-order valence-corrected chi connectivity index (χ2v) is 6.42. The molecule has 23 heavy (non-hydrogen) atoms. The van der Waals surface area contributed by atoms with Crippen molar-refractivity contribution in [1.82, 2.24) is 24.8 Å². The number of carbonyl (C=O) groups excluding carboxylic acids is 1. The number of rotatable bonds is 5. The van der Waals surface area contributed by atoms with Crippen molar-refractivity contribution in [3.63, 3.8) is 0 Å². The molecule has 0 radical (unpaired) electrons. The summed E-state index contributed by atoms with van der Waals surface area (Å²) in [5.74, 6) is 0.573. The largest absolute Gasteiger partial charge is 0.396 e. The van der Waals surface area contributed by atoms with E-state index in [1.807, 2.05) is 4.90 Å². The van der Waals surface area contributed by atoms with Crippen LogP contribution in [0.4, 0.5) is 0 Å². The van der Waals surface area contributed by atoms with Crippen molar-refractivity contribution in [2.75, 3.05) is 52.5 Å². The van der Waals surface area contributed by atoms with Gasteiger partial charge in [-0.1, -0.05) is 0 Å². The summed E-state index contributed by atoms with van der Waals surface area (Å²) in [4.78, 5) is 18.1. The SMILES string of the molecule is O=C(Cn1nccn1)N1C[C@@H](CN2CCOCC2)C[C@H](CO)C1. The van der Waals surface area contributed by atoms with E-state index < -0.39 is 0 Å². The Balaban J connectivity index is 1.57. The van der Waals surface area contributed by atoms with Gasteiger partial charge in [-0.25, -0.2) is 0 Å². The first-order valence-electron chi connectivity index (χ1n) is 8.27. The van der Waals surface area contributed by atoms with Crippen molar-refractivity contribution >= 4 is 5.91 Å². The summed E-state index contributed by atoms with van der Waals surface area (Å²) in [6.07, 6.45) is 4.11. The molecule has 0 unspecified atom stereocenters. The topological polar surface area (TPSA) is 83.7 Å². The molecule has 1 aromatic heterocycles. The molecule has 2 aliphatic rings. The fraction of sp³-hybridized carbons (Fsp3) is 0.800. The molecule has 0 saturated carbocycles. The van der Waals surface area contributed by atoms with E-state index in [0.29, 0.717) is 12.5 Å². The van der Waals surface area contributed by atoms with Crippen LogP contribution in [0.2, 0.25) is 0 Å². The third-order valence-electron chi connectivity index (χ3n) is 4.60. The summed E-state index contributed by atoms with van der Waals surface area (Å²) in [7, 11) is 0. The van der Waals surface area contributed by atoms with Crippen LogP contribution in [0.15, 0.2) is 12.4 Å². The lowest BCUT2D eigenvalue weighted by atomic mass is 9.89. The minimum absolute atomic E-state index is 0.0197. The molecule has 0 spiro atoms. The van der Waals surface area contributed by atoms with Gasteiger partial charge >= 0.3 is 0 Å². The Labute approximate surface area is 136 Å². The van der Waals surface area contributed by atoms with Crippen LogP contribution >= 0.6 is 0 Å². The summed E-state index contributed by atoms with van der Waals surface area (Å²) in [6.45, 7) is 6.08. The fourth-order valence-corrected chi connectivity index (χ4v) is 3.48. The van der Waals surface area contributed by atoms with E-state index in [0.717, 1.165) is 45.8 Å². The number of hydrogen-bond donors (Lipinski definition) is 1. The lowest BCUT2D eigenvalue weighted by molar-refractivity contribution is -0.136. The van der Waals surface area contributed by atoms with Crippen LogP contribution in [0.3, 0.4) is 0 Å². The Kier molecular flexibility index (Phi) is 5.58. The average molecular weight is 323 g/mol. The van der Waals surface area contributed by atoms with Gasteiger partial charge in [0, 0.05) is 39.3 Å². The van der Waals surface area contributed by atoms with Gasteiger partial charge in [0.1, 0.15) is 6.54 Å². The smallest absolute Gasteiger partial charge is 0.246 e. The average Bonchev–Trinajstić information content (AvgIpc) is 3.08. The molecule has 1 amide bonds. The van der Waals surface area contributed by atoms with Gasteiger partial charge < -0.3 is 14.7 Å². The standard InChI is InChI=1S/C15H25N5O3/c21-12-14-7-13(8-18-3-5-23-6-4-18)9-19(10-14)15(22)11-20-16-1-2-17-20/h1-2,13-14,21H,3-12H2/t13-,14+/m1/s1. The molecule has 1 aromatic rings. The zero-order chi connectivity index (χ0) is 16.1. The molecule has 8 nitrogen and oxygen atoms in total. The van der Waals surface area contributed by atoms with Crippen LogP contribution in [0.5, 0.6) is 0 Å². The molecule has 2 aliphatic heterocycles. The van der Waals surface area contributed by atoms with E-state index in [1.165, 1.54) is 4.80 Å². The van der Waals surface area contributed by atoms with Gasteiger partial charge in [0.15, 0.2) is 0 Å². The van der Waals surface area contributed by atoms with Gasteiger partial charge in [0.2, 0.25) is 5.91 Å². The van der Waals surface area contributed by atoms with Gasteiger partial charge in [-0.15, -0.1) is 0 Å². The second kappa shape index (κ2) is 7.85. The summed E-state index contributed by atoms with van der Waals surface area (Å²) >= 11 is 0. The number of aliphatic hydroxyl groups excluding tert-OH is 1. The maximum absolute atomic E-state index is 12.5. The van der Waals surface area contributed by atoms with E-state index in [4.69, 9.17) is 4.74 Å². The van der Waals surface area contributed by atoms with E-state index >= 15 is 0 Å². The predicted molar refractivity (Wildman–Crippen MR) is 82.5 cm³/mol. The highest BCUT2D eigenvalue weighted by Gasteiger charge is 2.31. The van der Waals surface area contributed by atoms with Crippen LogP contribution in [0.1, 0.15) is 6.42 Å². The Morgan fingerprint density at radius 3 is 2.57 bits per heavy atom. The number of likely N-dealkylation sites (tertiary alicyclic amines) is 1. The van der Waals surface area contributed by atoms with Crippen LogP contribution in [-0.4, -0.2) is 88.4 Å². The summed E-state index contributed by atoms with van der Waals surface area (Å²) < 4.78 is 5.39. The number of aromatic nitrogens is 3. The molecule has 0 bridgehead atoms. The van der Waals surface area contributed by atoms with Crippen molar-refractivity contribution in [1.29, 1.82) is 0 Å². The summed E-state index contributed by atoms with van der Waals surface area (Å²) in [6, 6.07) is 0. The number of carbonyl (C=O) groups is 1. The van der Waals surface area contributed by atoms with Crippen molar-refractivity contribution in [2.45, 2.75) is 13.0 Å². The number of aliphatic hydroxyl groups is 1. The molecule has 128 valence electrons. The Bertz CT molecular complexity index is 489. The number of hydrogen-bond acceptors (Lipinski definition) is 6. The summed E-state index contributed by atoms with van der Waals surface area (Å²) in [5, 5.41) is 17.5. The third kappa shape index (κ3) is 4.49. The van der Waals surface area contributed by atoms with Crippen molar-refractivity contribution < 1.29 is 14.6 Å². The van der Waals surface area contributed by atoms with Crippen LogP contribution in [0.25, 0.3) is 0 Å². The lowest BCUT2D eigenvalue weighted by Gasteiger charge is -2.40. The van der Waals surface area contributed by atoms with E-state index in [2.05, 4.69) is 15.1 Å². The number of piperidine rings is 1. The van der Waals surface area contributed by atoms with E-state index in [-0.39, 0.29) is 25.0 Å². The molecule has 2 atom stereocenters. The van der Waals surface area contributed by atoms with Crippen LogP contribution in [0, 0.1) is 11.8 Å². The highest BCUT2D eigenvalue weighted by Crippen LogP contribution is 2.23. The fourth-order valence-electron chi connectivity index (χ4n) is 3.48. The van der Waals surface area contributed by atoms with Crippen LogP contribution in [-0.2, 0) is 16.1 Å². The molecule has 1 N–H and O–H groups in total. The number of morpholine rings is 1. The molecular formula is C15H25N5O3. The Morgan fingerprint density at radius 2 is 1.87 bits per heavy atom. The quantitative estimate of drug-likeness (QED) is 0.753. The minimum Gasteiger partial charge on any atom is -0.396 e. The number of nitrogens with zero attached hydrogens (tertiary/aromatic N) is 5. The maximum atomic E-state index is 12.5. The zero-order valence-corrected chi connectivity index (χ0v) is 13.4. The molecule has 0 aliphatic carbocycles. The highest BCUT2D eigenvalue weighted by atomic mass is 16.5. The first-order chi connectivity index (χ1) is 11.2. The molecule has 2 fully saturated rings. The highest BCUT2D eigenvalue weighted by molar-refractivity contribution is 5.75. The molecule has 3 rings (SSSR count). The second-order valence-electron chi connectivity index (χ2n) is 6.42. The molecular weight excluding hydrogens is 298 g/mol.